The zero-order chi connectivity index (χ0) is 25.2. The molecule has 4 heterocycles. The number of rotatable bonds is 7. The number of piperazine rings is 1. The van der Waals surface area contributed by atoms with Gasteiger partial charge < -0.3 is 9.72 Å². The van der Waals surface area contributed by atoms with Crippen molar-refractivity contribution < 1.29 is 4.74 Å². The predicted octanol–water partition coefficient (Wildman–Crippen LogP) is 2.91. The average molecular weight is 500 g/mol. The van der Waals surface area contributed by atoms with E-state index in [1.807, 2.05) is 23.7 Å². The zero-order valence-corrected chi connectivity index (χ0v) is 21.2. The minimum absolute atomic E-state index is 0.0959. The van der Waals surface area contributed by atoms with Crippen LogP contribution in [0.25, 0.3) is 10.9 Å². The topological polar surface area (TPSA) is 92.2 Å². The first kappa shape index (κ1) is 24.0. The molecule has 2 aliphatic rings. The normalized spacial score (nSPS) is 20.0. The molecule has 2 aromatic heterocycles. The Balaban J connectivity index is 1.32. The summed E-state index contributed by atoms with van der Waals surface area (Å²) in [4.78, 5) is 21.4. The van der Waals surface area contributed by atoms with Gasteiger partial charge in [0.05, 0.1) is 12.6 Å². The molecule has 0 saturated carbocycles. The van der Waals surface area contributed by atoms with Crippen molar-refractivity contribution in [3.8, 4) is 0 Å². The number of tetrazole rings is 1. The Morgan fingerprint density at radius 3 is 2.70 bits per heavy atom. The van der Waals surface area contributed by atoms with Gasteiger partial charge >= 0.3 is 0 Å². The van der Waals surface area contributed by atoms with E-state index < -0.39 is 0 Å². The van der Waals surface area contributed by atoms with E-state index in [0.717, 1.165) is 68.6 Å². The van der Waals surface area contributed by atoms with E-state index in [-0.39, 0.29) is 17.7 Å². The minimum Gasteiger partial charge on any atom is -0.376 e. The zero-order valence-electron chi connectivity index (χ0n) is 21.2. The van der Waals surface area contributed by atoms with Gasteiger partial charge in [-0.05, 0) is 58.8 Å². The number of aromatic amines is 1. The van der Waals surface area contributed by atoms with Crippen LogP contribution in [-0.2, 0) is 17.8 Å². The lowest BCUT2D eigenvalue weighted by atomic mass is 10.0. The number of hydrogen-bond acceptors (Lipinski definition) is 7. The predicted molar refractivity (Wildman–Crippen MR) is 141 cm³/mol. The van der Waals surface area contributed by atoms with Gasteiger partial charge in [0.25, 0.3) is 5.56 Å². The van der Waals surface area contributed by atoms with Crippen LogP contribution in [0.1, 0.15) is 41.4 Å². The maximum absolute atomic E-state index is 13.5. The molecule has 1 N–H and O–H groups in total. The Morgan fingerprint density at radius 1 is 1.08 bits per heavy atom. The van der Waals surface area contributed by atoms with Crippen LogP contribution in [0.2, 0.25) is 0 Å². The third kappa shape index (κ3) is 5.20. The summed E-state index contributed by atoms with van der Waals surface area (Å²) in [6, 6.07) is 18.4. The van der Waals surface area contributed by atoms with Crippen molar-refractivity contribution in [2.24, 2.45) is 0 Å². The molecule has 2 aliphatic heterocycles. The maximum atomic E-state index is 13.5. The number of aromatic nitrogens is 5. The highest BCUT2D eigenvalue weighted by Gasteiger charge is 2.33. The second kappa shape index (κ2) is 10.5. The van der Waals surface area contributed by atoms with Crippen LogP contribution in [-0.4, -0.2) is 73.9 Å². The quantitative estimate of drug-likeness (QED) is 0.418. The number of nitrogens with one attached hydrogen (secondary N) is 1. The highest BCUT2D eigenvalue weighted by atomic mass is 16.5. The van der Waals surface area contributed by atoms with Crippen LogP contribution in [0.3, 0.4) is 0 Å². The summed E-state index contributed by atoms with van der Waals surface area (Å²) in [6.45, 7) is 7.77. The largest absolute Gasteiger partial charge is 0.376 e. The molecule has 0 radical (unpaired) electrons. The number of H-pyrrole nitrogens is 1. The number of pyridine rings is 1. The number of hydrogen-bond donors (Lipinski definition) is 1. The molecule has 0 amide bonds. The third-order valence-corrected chi connectivity index (χ3v) is 7.55. The second-order valence-electron chi connectivity index (χ2n) is 10.2. The van der Waals surface area contributed by atoms with E-state index in [4.69, 9.17) is 4.74 Å². The fourth-order valence-electron chi connectivity index (χ4n) is 5.57. The molecule has 9 heteroatoms. The molecule has 2 fully saturated rings. The molecular formula is C28H33N7O2. The highest BCUT2D eigenvalue weighted by Crippen LogP contribution is 2.29. The average Bonchev–Trinajstić information content (AvgIpc) is 3.59. The van der Waals surface area contributed by atoms with Crippen LogP contribution in [0.5, 0.6) is 0 Å². The fraction of sp³-hybridized carbons (Fsp3) is 0.429. The number of fused-ring (bicyclic) bond motifs is 1. The molecule has 4 aromatic rings. The summed E-state index contributed by atoms with van der Waals surface area (Å²) in [6.07, 6.45) is 2.15. The van der Waals surface area contributed by atoms with Gasteiger partial charge in [0.1, 0.15) is 6.04 Å². The molecule has 0 unspecified atom stereocenters. The van der Waals surface area contributed by atoms with Crippen molar-refractivity contribution in [1.29, 1.82) is 0 Å². The van der Waals surface area contributed by atoms with Crippen molar-refractivity contribution >= 4 is 10.9 Å². The number of nitrogens with zero attached hydrogens (tertiary/aromatic N) is 6. The van der Waals surface area contributed by atoms with E-state index in [1.165, 1.54) is 5.56 Å². The SMILES string of the molecule is Cc1ccc2cc([C@@H](c3nnnn3C[C@@H]3CCCO3)N3CCN(Cc4ccccc4)CC3)c(=O)[nH]c2c1. The summed E-state index contributed by atoms with van der Waals surface area (Å²) < 4.78 is 7.71. The monoisotopic (exact) mass is 499 g/mol. The standard InChI is InChI=1S/C28H33N7O2/c1-20-9-10-22-17-24(28(36)29-25(22)16-20)26(27-30-31-32-35(27)19-23-8-5-15-37-23)34-13-11-33(12-14-34)18-21-6-3-2-4-7-21/h2-4,6-7,9-10,16-17,23,26H,5,8,11-15,18-19H2,1H3,(H,29,36)/t23-,26-/m0/s1. The van der Waals surface area contributed by atoms with Crippen LogP contribution in [0.15, 0.2) is 59.4 Å². The van der Waals surface area contributed by atoms with Crippen LogP contribution in [0.4, 0.5) is 0 Å². The van der Waals surface area contributed by atoms with Crippen molar-refractivity contribution in [3.63, 3.8) is 0 Å². The number of ether oxygens (including phenoxy) is 1. The molecule has 0 spiro atoms. The fourth-order valence-corrected chi connectivity index (χ4v) is 5.57. The van der Waals surface area contributed by atoms with Crippen LogP contribution in [0, 0.1) is 6.92 Å². The Kier molecular flexibility index (Phi) is 6.82. The van der Waals surface area contributed by atoms with Gasteiger partial charge in [0.15, 0.2) is 5.82 Å². The molecule has 37 heavy (non-hydrogen) atoms. The Hall–Kier alpha value is -3.40. The van der Waals surface area contributed by atoms with Crippen molar-refractivity contribution in [3.05, 3.63) is 87.5 Å². The summed E-state index contributed by atoms with van der Waals surface area (Å²) >= 11 is 0. The van der Waals surface area contributed by atoms with Crippen LogP contribution >= 0.6 is 0 Å². The first-order valence-electron chi connectivity index (χ1n) is 13.2. The summed E-state index contributed by atoms with van der Waals surface area (Å²) in [5.41, 5.74) is 3.86. The lowest BCUT2D eigenvalue weighted by molar-refractivity contribution is 0.0840. The smallest absolute Gasteiger partial charge is 0.253 e. The number of benzene rings is 2. The van der Waals surface area contributed by atoms with Gasteiger partial charge in [0, 0.05) is 50.4 Å². The highest BCUT2D eigenvalue weighted by molar-refractivity contribution is 5.79. The Labute approximate surface area is 216 Å². The first-order chi connectivity index (χ1) is 18.1. The van der Waals surface area contributed by atoms with E-state index in [0.29, 0.717) is 17.9 Å². The second-order valence-corrected chi connectivity index (χ2v) is 10.2. The van der Waals surface area contributed by atoms with Gasteiger partial charge in [-0.15, -0.1) is 5.10 Å². The van der Waals surface area contributed by atoms with Gasteiger partial charge in [-0.3, -0.25) is 14.6 Å². The van der Waals surface area contributed by atoms with Gasteiger partial charge in [-0.25, -0.2) is 4.68 Å². The first-order valence-corrected chi connectivity index (χ1v) is 13.2. The summed E-state index contributed by atoms with van der Waals surface area (Å²) in [5, 5.41) is 13.8. The van der Waals surface area contributed by atoms with Crippen molar-refractivity contribution in [2.45, 2.75) is 45.0 Å². The van der Waals surface area contributed by atoms with E-state index in [1.54, 1.807) is 0 Å². The number of aryl methyl sites for hydroxylation is 1. The van der Waals surface area contributed by atoms with Gasteiger partial charge in [-0.2, -0.15) is 0 Å². The summed E-state index contributed by atoms with van der Waals surface area (Å²) in [7, 11) is 0. The maximum Gasteiger partial charge on any atom is 0.253 e. The third-order valence-electron chi connectivity index (χ3n) is 7.55. The van der Waals surface area contributed by atoms with Crippen molar-refractivity contribution in [1.82, 2.24) is 35.0 Å². The molecule has 2 aromatic carbocycles. The minimum atomic E-state index is -0.343. The lowest BCUT2D eigenvalue weighted by Crippen LogP contribution is -2.48. The Bertz CT molecular complexity index is 1400. The Morgan fingerprint density at radius 2 is 1.92 bits per heavy atom. The molecule has 2 saturated heterocycles. The molecule has 0 bridgehead atoms. The van der Waals surface area contributed by atoms with Gasteiger partial charge in [-0.1, -0.05) is 42.5 Å². The molecule has 6 rings (SSSR count). The summed E-state index contributed by atoms with van der Waals surface area (Å²) in [5.74, 6) is 0.698. The lowest BCUT2D eigenvalue weighted by Gasteiger charge is -2.38. The molecule has 9 nitrogen and oxygen atoms in total. The van der Waals surface area contributed by atoms with E-state index in [2.05, 4.69) is 72.8 Å². The van der Waals surface area contributed by atoms with E-state index >= 15 is 0 Å². The molecule has 2 atom stereocenters. The molecular weight excluding hydrogens is 466 g/mol. The molecule has 0 aliphatic carbocycles. The van der Waals surface area contributed by atoms with Crippen LogP contribution < -0.4 is 5.56 Å². The van der Waals surface area contributed by atoms with E-state index in [9.17, 15) is 4.79 Å². The molecule has 192 valence electrons. The van der Waals surface area contributed by atoms with Crippen molar-refractivity contribution in [2.75, 3.05) is 32.8 Å². The van der Waals surface area contributed by atoms with Gasteiger partial charge in [0.2, 0.25) is 0 Å².